The zero-order chi connectivity index (χ0) is 26.7. The highest BCUT2D eigenvalue weighted by atomic mass is 16.4. The minimum atomic E-state index is -1.14. The number of aliphatic hydroxyl groups is 1. The van der Waals surface area contributed by atoms with Gasteiger partial charge in [-0.1, -0.05) is 47.1 Å². The Morgan fingerprint density at radius 1 is 1.03 bits per heavy atom. The summed E-state index contributed by atoms with van der Waals surface area (Å²) in [6.45, 7) is 15.1. The van der Waals surface area contributed by atoms with Crippen molar-refractivity contribution in [2.45, 2.75) is 93.4 Å². The van der Waals surface area contributed by atoms with Crippen LogP contribution in [0.25, 0.3) is 0 Å². The van der Waals surface area contributed by atoms with Crippen LogP contribution in [-0.4, -0.2) is 22.0 Å². The van der Waals surface area contributed by atoms with Crippen molar-refractivity contribution in [3.8, 4) is 6.07 Å². The number of hydrogen-bond donors (Lipinski definition) is 2. The summed E-state index contributed by atoms with van der Waals surface area (Å²) in [5.74, 6) is -1.44. The van der Waals surface area contributed by atoms with Crippen LogP contribution in [0.5, 0.6) is 0 Å². The minimum Gasteiger partial charge on any atom is -0.512 e. The van der Waals surface area contributed by atoms with Crippen LogP contribution in [0.4, 0.5) is 0 Å². The van der Waals surface area contributed by atoms with E-state index in [1.54, 1.807) is 6.92 Å². The molecule has 0 spiro atoms. The Balaban J connectivity index is 1.69. The molecule has 5 aliphatic rings. The molecule has 0 saturated heterocycles. The third-order valence-electron chi connectivity index (χ3n) is 13.0. The van der Waals surface area contributed by atoms with Gasteiger partial charge in [-0.05, 0) is 97.5 Å². The predicted molar refractivity (Wildman–Crippen MR) is 138 cm³/mol. The Morgan fingerprint density at radius 3 is 2.28 bits per heavy atom. The van der Waals surface area contributed by atoms with Crippen molar-refractivity contribution in [2.75, 3.05) is 0 Å². The Bertz CT molecular complexity index is 1140. The molecule has 2 N–H and O–H groups in total. The Hall–Kier alpha value is -2.09. The van der Waals surface area contributed by atoms with Gasteiger partial charge in [-0.25, -0.2) is 0 Å². The summed E-state index contributed by atoms with van der Waals surface area (Å²) >= 11 is 0. The number of carboxylic acids is 1. The molecule has 0 aliphatic heterocycles. The first kappa shape index (κ1) is 25.6. The van der Waals surface area contributed by atoms with E-state index in [1.807, 2.05) is 12.2 Å². The maximum atomic E-state index is 14.3. The van der Waals surface area contributed by atoms with E-state index in [4.69, 9.17) is 0 Å². The van der Waals surface area contributed by atoms with E-state index in [-0.39, 0.29) is 50.6 Å². The quantitative estimate of drug-likeness (QED) is 0.416. The van der Waals surface area contributed by atoms with Crippen LogP contribution in [0.3, 0.4) is 0 Å². The van der Waals surface area contributed by atoms with Gasteiger partial charge >= 0.3 is 5.97 Å². The van der Waals surface area contributed by atoms with Crippen LogP contribution in [-0.2, 0) is 9.59 Å². The molecule has 5 heteroatoms. The smallest absolute Gasteiger partial charge is 0.310 e. The Kier molecular flexibility index (Phi) is 5.16. The highest BCUT2D eigenvalue weighted by Crippen LogP contribution is 2.75. The molecule has 196 valence electrons. The van der Waals surface area contributed by atoms with Gasteiger partial charge < -0.3 is 10.2 Å². The van der Waals surface area contributed by atoms with E-state index >= 15 is 0 Å². The van der Waals surface area contributed by atoms with E-state index < -0.39 is 17.3 Å². The number of fused-ring (bicyclic) bond motifs is 7. The number of carbonyl (C=O) groups is 2. The zero-order valence-electron chi connectivity index (χ0n) is 23.1. The number of aliphatic carboxylic acids is 1. The van der Waals surface area contributed by atoms with Gasteiger partial charge in [0.1, 0.15) is 0 Å². The maximum Gasteiger partial charge on any atom is 0.310 e. The lowest BCUT2D eigenvalue weighted by Gasteiger charge is -2.69. The number of ketones is 1. The standard InChI is InChI=1S/C31H43NO4/c1-26(2)20-8-11-30(6)21(29(20,5)10-9-22(26)34)16-19(33)24-23-18(17-32)28(4,25(35)36)14-12-27(23,3)13-15-31(24,30)7/h9,16,18,20,23-24,34H,8,10-15H2,1-7H3,(H,35,36). The summed E-state index contributed by atoms with van der Waals surface area (Å²) in [5, 5.41) is 31.3. The fraction of sp³-hybridized carbons (Fsp3) is 0.774. The fourth-order valence-corrected chi connectivity index (χ4v) is 10.2. The van der Waals surface area contributed by atoms with E-state index in [1.165, 1.54) is 5.57 Å². The van der Waals surface area contributed by atoms with Crippen molar-refractivity contribution in [1.82, 2.24) is 0 Å². The van der Waals surface area contributed by atoms with Crippen molar-refractivity contribution in [3.63, 3.8) is 0 Å². The molecule has 0 bridgehead atoms. The number of hydrogen-bond acceptors (Lipinski definition) is 4. The van der Waals surface area contributed by atoms with Crippen LogP contribution in [0.15, 0.2) is 23.5 Å². The molecule has 0 amide bonds. The molecule has 5 aliphatic carbocycles. The third-order valence-corrected chi connectivity index (χ3v) is 13.0. The lowest BCUT2D eigenvalue weighted by atomic mass is 9.33. The average molecular weight is 494 g/mol. The lowest BCUT2D eigenvalue weighted by Crippen LogP contribution is -2.66. The van der Waals surface area contributed by atoms with Gasteiger partial charge in [0.25, 0.3) is 0 Å². The van der Waals surface area contributed by atoms with Crippen LogP contribution < -0.4 is 0 Å². The summed E-state index contributed by atoms with van der Waals surface area (Å²) in [5.41, 5.74) is -1.25. The molecule has 0 aromatic heterocycles. The van der Waals surface area contributed by atoms with E-state index in [2.05, 4.69) is 47.6 Å². The number of nitrogens with zero attached hydrogens (tertiary/aromatic N) is 1. The first-order chi connectivity index (χ1) is 16.5. The molecule has 5 nitrogen and oxygen atoms in total. The van der Waals surface area contributed by atoms with Crippen molar-refractivity contribution in [2.24, 2.45) is 56.2 Å². The van der Waals surface area contributed by atoms with Crippen LogP contribution in [0.1, 0.15) is 93.4 Å². The number of nitriles is 1. The summed E-state index contributed by atoms with van der Waals surface area (Å²) < 4.78 is 0. The second-order valence-electron chi connectivity index (χ2n) is 14.7. The predicted octanol–water partition coefficient (Wildman–Crippen LogP) is 6.85. The second kappa shape index (κ2) is 7.27. The molecule has 3 fully saturated rings. The van der Waals surface area contributed by atoms with Crippen LogP contribution >= 0.6 is 0 Å². The summed E-state index contributed by atoms with van der Waals surface area (Å²) in [4.78, 5) is 26.8. The van der Waals surface area contributed by atoms with E-state index in [9.17, 15) is 25.1 Å². The molecule has 9 atom stereocenters. The first-order valence-corrected chi connectivity index (χ1v) is 13.8. The van der Waals surface area contributed by atoms with Gasteiger partial charge in [0.05, 0.1) is 23.2 Å². The topological polar surface area (TPSA) is 98.4 Å². The fourth-order valence-electron chi connectivity index (χ4n) is 10.2. The highest BCUT2D eigenvalue weighted by Gasteiger charge is 2.71. The Morgan fingerprint density at radius 2 is 1.67 bits per heavy atom. The maximum absolute atomic E-state index is 14.3. The summed E-state index contributed by atoms with van der Waals surface area (Å²) in [6, 6.07) is 2.43. The van der Waals surface area contributed by atoms with Gasteiger partial charge in [0, 0.05) is 11.3 Å². The van der Waals surface area contributed by atoms with Crippen molar-refractivity contribution in [1.29, 1.82) is 5.26 Å². The van der Waals surface area contributed by atoms with Crippen LogP contribution in [0, 0.1) is 67.5 Å². The minimum absolute atomic E-state index is 0.0919. The lowest BCUT2D eigenvalue weighted by molar-refractivity contribution is -0.188. The van der Waals surface area contributed by atoms with Gasteiger partial charge in [-0.3, -0.25) is 9.59 Å². The molecular formula is C31H43NO4. The monoisotopic (exact) mass is 493 g/mol. The summed E-state index contributed by atoms with van der Waals surface area (Å²) in [6.07, 6.45) is 9.58. The number of rotatable bonds is 1. The number of carbonyl (C=O) groups excluding carboxylic acids is 1. The molecule has 9 unspecified atom stereocenters. The van der Waals surface area contributed by atoms with E-state index in [0.29, 0.717) is 12.2 Å². The summed E-state index contributed by atoms with van der Waals surface area (Å²) in [7, 11) is 0. The van der Waals surface area contributed by atoms with Crippen LogP contribution in [0.2, 0.25) is 0 Å². The average Bonchev–Trinajstić information content (AvgIpc) is 2.79. The molecule has 0 radical (unpaired) electrons. The Labute approximate surface area is 216 Å². The largest absolute Gasteiger partial charge is 0.512 e. The molecule has 5 rings (SSSR count). The number of allylic oxidation sites excluding steroid dienone is 4. The molecule has 36 heavy (non-hydrogen) atoms. The van der Waals surface area contributed by atoms with E-state index in [0.717, 1.165) is 38.5 Å². The van der Waals surface area contributed by atoms with Gasteiger partial charge in [0.2, 0.25) is 0 Å². The van der Waals surface area contributed by atoms with Crippen molar-refractivity contribution in [3.05, 3.63) is 23.5 Å². The zero-order valence-corrected chi connectivity index (χ0v) is 23.1. The first-order valence-electron chi connectivity index (χ1n) is 13.8. The normalized spacial score (nSPS) is 51.3. The second-order valence-corrected chi connectivity index (χ2v) is 14.7. The van der Waals surface area contributed by atoms with Gasteiger partial charge in [0.15, 0.2) is 5.78 Å². The molecular weight excluding hydrogens is 450 g/mol. The van der Waals surface area contributed by atoms with Gasteiger partial charge in [-0.2, -0.15) is 5.26 Å². The highest BCUT2D eigenvalue weighted by molar-refractivity contribution is 5.95. The SMILES string of the molecule is CC12CCC(C)(C(=O)O)C(C#N)C1C1C(=O)C=C3C4(C)CC=C(O)C(C)(C)C4CCC3(C)C1(C)CC2. The number of aliphatic hydroxyl groups excluding tert-OH is 1. The molecule has 3 saturated carbocycles. The van der Waals surface area contributed by atoms with Crippen molar-refractivity contribution >= 4 is 11.8 Å². The molecule has 0 heterocycles. The molecule has 0 aromatic carbocycles. The third kappa shape index (κ3) is 2.77. The van der Waals surface area contributed by atoms with Gasteiger partial charge in [-0.15, -0.1) is 0 Å². The van der Waals surface area contributed by atoms with Crippen molar-refractivity contribution < 1.29 is 19.8 Å². The molecule has 0 aromatic rings. The number of carboxylic acid groups (broad SMARTS) is 1.